The van der Waals surface area contributed by atoms with Crippen LogP contribution >= 0.6 is 27.3 Å². The second-order valence-corrected chi connectivity index (χ2v) is 6.87. The molecular formula is C15H10BrN3O4S. The van der Waals surface area contributed by atoms with E-state index in [0.29, 0.717) is 10.9 Å². The van der Waals surface area contributed by atoms with Crippen molar-refractivity contribution in [2.45, 2.75) is 0 Å². The SMILES string of the molecule is Nc1c(C(=O)Nc2ccc(Br)cc2)sc2c1=CC(C(=O)O)C(=O)N=2. The number of carboxylic acid groups (broad SMARTS) is 1. The van der Waals surface area contributed by atoms with Crippen LogP contribution in [0, 0.1) is 5.92 Å². The number of hydrogen-bond acceptors (Lipinski definition) is 5. The molecule has 0 bridgehead atoms. The summed E-state index contributed by atoms with van der Waals surface area (Å²) >= 11 is 4.25. The number of carbonyl (C=O) groups is 3. The molecule has 7 nitrogen and oxygen atoms in total. The highest BCUT2D eigenvalue weighted by molar-refractivity contribution is 9.10. The van der Waals surface area contributed by atoms with Gasteiger partial charge in [-0.2, -0.15) is 0 Å². The zero-order valence-electron chi connectivity index (χ0n) is 11.9. The third kappa shape index (κ3) is 2.95. The third-order valence-electron chi connectivity index (χ3n) is 3.35. The van der Waals surface area contributed by atoms with Gasteiger partial charge in [0.05, 0.1) is 5.69 Å². The average Bonchev–Trinajstić information content (AvgIpc) is 2.85. The lowest BCUT2D eigenvalue weighted by Gasteiger charge is -2.05. The molecule has 1 aromatic heterocycles. The molecule has 0 spiro atoms. The molecular weight excluding hydrogens is 398 g/mol. The molecule has 0 saturated carbocycles. The van der Waals surface area contributed by atoms with Gasteiger partial charge in [0.15, 0.2) is 5.92 Å². The van der Waals surface area contributed by atoms with Crippen LogP contribution in [0.25, 0.3) is 6.08 Å². The second kappa shape index (κ2) is 6.17. The quantitative estimate of drug-likeness (QED) is 0.654. The molecule has 1 aromatic carbocycles. The molecule has 2 aromatic rings. The number of nitrogens with zero attached hydrogens (tertiary/aromatic N) is 1. The van der Waals surface area contributed by atoms with E-state index in [9.17, 15) is 14.4 Å². The van der Waals surface area contributed by atoms with Gasteiger partial charge in [-0.1, -0.05) is 15.9 Å². The molecule has 2 heterocycles. The number of benzene rings is 1. The highest BCUT2D eigenvalue weighted by Crippen LogP contribution is 2.18. The summed E-state index contributed by atoms with van der Waals surface area (Å²) in [6.45, 7) is 0. The Kier molecular flexibility index (Phi) is 4.20. The maximum atomic E-state index is 12.4. The zero-order chi connectivity index (χ0) is 17.4. The van der Waals surface area contributed by atoms with Gasteiger partial charge >= 0.3 is 5.97 Å². The molecule has 1 aliphatic rings. The van der Waals surface area contributed by atoms with Crippen molar-refractivity contribution in [1.29, 1.82) is 0 Å². The van der Waals surface area contributed by atoms with Crippen LogP contribution < -0.4 is 20.9 Å². The maximum absolute atomic E-state index is 12.4. The lowest BCUT2D eigenvalue weighted by molar-refractivity contribution is -0.143. The van der Waals surface area contributed by atoms with Crippen LogP contribution in [0.2, 0.25) is 0 Å². The summed E-state index contributed by atoms with van der Waals surface area (Å²) in [6.07, 6.45) is 1.23. The van der Waals surface area contributed by atoms with E-state index in [1.807, 2.05) is 0 Å². The highest BCUT2D eigenvalue weighted by Gasteiger charge is 2.28. The summed E-state index contributed by atoms with van der Waals surface area (Å²) < 4.78 is 1.12. The predicted molar refractivity (Wildman–Crippen MR) is 92.2 cm³/mol. The van der Waals surface area contributed by atoms with Gasteiger partial charge < -0.3 is 16.2 Å². The molecule has 122 valence electrons. The molecule has 1 unspecified atom stereocenters. The number of halogens is 1. The fraction of sp³-hybridized carbons (Fsp3) is 0.0667. The normalized spacial score (nSPS) is 15.9. The van der Waals surface area contributed by atoms with Gasteiger partial charge in [-0.25, -0.2) is 4.99 Å². The monoisotopic (exact) mass is 407 g/mol. The summed E-state index contributed by atoms with van der Waals surface area (Å²) in [5, 5.41) is 12.0. The first kappa shape index (κ1) is 16.3. The molecule has 4 N–H and O–H groups in total. The van der Waals surface area contributed by atoms with Crippen LogP contribution in [0.15, 0.2) is 33.7 Å². The van der Waals surface area contributed by atoms with E-state index in [1.54, 1.807) is 24.3 Å². The average molecular weight is 408 g/mol. The number of anilines is 2. The first-order valence-electron chi connectivity index (χ1n) is 6.69. The van der Waals surface area contributed by atoms with Crippen molar-refractivity contribution < 1.29 is 19.5 Å². The van der Waals surface area contributed by atoms with Crippen molar-refractivity contribution in [2.75, 3.05) is 11.1 Å². The summed E-state index contributed by atoms with van der Waals surface area (Å²) in [5.74, 6) is -3.91. The Balaban J connectivity index is 1.98. The van der Waals surface area contributed by atoms with Gasteiger partial charge in [-0.15, -0.1) is 11.3 Å². The number of nitrogen functional groups attached to an aromatic ring is 1. The minimum Gasteiger partial charge on any atom is -0.480 e. The molecule has 0 saturated heterocycles. The Bertz CT molecular complexity index is 981. The van der Waals surface area contributed by atoms with Crippen molar-refractivity contribution in [3.8, 4) is 0 Å². The number of hydrogen-bond donors (Lipinski definition) is 3. The lowest BCUT2D eigenvalue weighted by atomic mass is 10.1. The van der Waals surface area contributed by atoms with Crippen LogP contribution in [0.4, 0.5) is 11.4 Å². The Hall–Kier alpha value is -2.52. The fourth-order valence-corrected chi connectivity index (χ4v) is 3.41. The van der Waals surface area contributed by atoms with Gasteiger partial charge in [0.2, 0.25) is 0 Å². The molecule has 9 heteroatoms. The van der Waals surface area contributed by atoms with Gasteiger partial charge in [0, 0.05) is 15.4 Å². The van der Waals surface area contributed by atoms with Gasteiger partial charge in [0.1, 0.15) is 9.55 Å². The molecule has 0 radical (unpaired) electrons. The number of thiophene rings is 1. The van der Waals surface area contributed by atoms with Crippen molar-refractivity contribution in [2.24, 2.45) is 10.9 Å². The van der Waals surface area contributed by atoms with Crippen LogP contribution in [0.3, 0.4) is 0 Å². The fourth-order valence-electron chi connectivity index (χ4n) is 2.16. The minimum atomic E-state index is -1.38. The van der Waals surface area contributed by atoms with Gasteiger partial charge in [-0.05, 0) is 30.3 Å². The maximum Gasteiger partial charge on any atom is 0.320 e. The summed E-state index contributed by atoms with van der Waals surface area (Å²) in [6, 6.07) is 6.98. The van der Waals surface area contributed by atoms with Crippen molar-refractivity contribution in [3.05, 3.63) is 43.5 Å². The number of carbonyl (C=O) groups excluding carboxylic acids is 2. The number of aliphatic carboxylic acids is 1. The summed E-state index contributed by atoms with van der Waals surface area (Å²) in [4.78, 5) is 39.1. The Morgan fingerprint density at radius 2 is 1.96 bits per heavy atom. The van der Waals surface area contributed by atoms with E-state index in [4.69, 9.17) is 10.8 Å². The van der Waals surface area contributed by atoms with Gasteiger partial charge in [0.25, 0.3) is 11.8 Å². The van der Waals surface area contributed by atoms with E-state index in [-0.39, 0.29) is 15.2 Å². The minimum absolute atomic E-state index is 0.118. The first-order chi connectivity index (χ1) is 11.4. The van der Waals surface area contributed by atoms with Crippen molar-refractivity contribution >= 4 is 62.5 Å². The van der Waals surface area contributed by atoms with Gasteiger partial charge in [-0.3, -0.25) is 14.4 Å². The number of carboxylic acids is 1. The lowest BCUT2D eigenvalue weighted by Crippen LogP contribution is -2.34. The topological polar surface area (TPSA) is 122 Å². The molecule has 1 atom stereocenters. The third-order valence-corrected chi connectivity index (χ3v) is 4.99. The van der Waals surface area contributed by atoms with Crippen LogP contribution in [0.5, 0.6) is 0 Å². The number of rotatable bonds is 3. The number of fused-ring (bicyclic) bond motifs is 1. The Labute approximate surface area is 147 Å². The first-order valence-corrected chi connectivity index (χ1v) is 8.30. The molecule has 0 fully saturated rings. The Morgan fingerprint density at radius 1 is 1.29 bits per heavy atom. The summed E-state index contributed by atoms with van der Waals surface area (Å²) in [5.41, 5.74) is 6.65. The number of nitrogens with two attached hydrogens (primary N) is 1. The van der Waals surface area contributed by atoms with E-state index in [1.165, 1.54) is 6.08 Å². The summed E-state index contributed by atoms with van der Waals surface area (Å²) in [7, 11) is 0. The standard InChI is InChI=1S/C15H10BrN3O4S/c16-6-1-3-7(4-2-6)18-13(21)11-10(17)8-5-9(15(22)23)12(20)19-14(8)24-11/h1-5,9H,17H2,(H,18,21)(H,22,23). The largest absolute Gasteiger partial charge is 0.480 e. The van der Waals surface area contributed by atoms with E-state index in [0.717, 1.165) is 15.8 Å². The van der Waals surface area contributed by atoms with Crippen LogP contribution in [-0.4, -0.2) is 22.9 Å². The van der Waals surface area contributed by atoms with Crippen molar-refractivity contribution in [3.63, 3.8) is 0 Å². The van der Waals surface area contributed by atoms with E-state index >= 15 is 0 Å². The number of nitrogens with one attached hydrogen (secondary N) is 1. The number of amides is 2. The second-order valence-electron chi connectivity index (χ2n) is 4.96. The molecule has 2 amide bonds. The highest BCUT2D eigenvalue weighted by atomic mass is 79.9. The smallest absolute Gasteiger partial charge is 0.320 e. The molecule has 1 aliphatic heterocycles. The van der Waals surface area contributed by atoms with Crippen LogP contribution in [0.1, 0.15) is 9.67 Å². The van der Waals surface area contributed by atoms with Crippen LogP contribution in [-0.2, 0) is 9.59 Å². The van der Waals surface area contributed by atoms with E-state index < -0.39 is 23.7 Å². The zero-order valence-corrected chi connectivity index (χ0v) is 14.3. The Morgan fingerprint density at radius 3 is 2.58 bits per heavy atom. The van der Waals surface area contributed by atoms with E-state index in [2.05, 4.69) is 26.2 Å². The molecule has 24 heavy (non-hydrogen) atoms. The predicted octanol–water partition coefficient (Wildman–Crippen LogP) is 0.986. The van der Waals surface area contributed by atoms with Crippen molar-refractivity contribution in [1.82, 2.24) is 0 Å². The molecule has 3 rings (SSSR count). The molecule has 0 aliphatic carbocycles.